The SMILES string of the molecule is CC(Br)C(C)(C)NC(=O)CC(F)(F)F. The van der Waals surface area contributed by atoms with Crippen LogP contribution in [-0.4, -0.2) is 22.4 Å². The van der Waals surface area contributed by atoms with Gasteiger partial charge in [-0.1, -0.05) is 22.9 Å². The molecule has 0 saturated heterocycles. The minimum Gasteiger partial charge on any atom is -0.350 e. The third-order valence-electron chi connectivity index (χ3n) is 1.82. The van der Waals surface area contributed by atoms with Gasteiger partial charge in [0.1, 0.15) is 6.42 Å². The van der Waals surface area contributed by atoms with E-state index in [-0.39, 0.29) is 4.83 Å². The molecular formula is C8H13BrF3NO. The smallest absolute Gasteiger partial charge is 0.350 e. The zero-order valence-corrected chi connectivity index (χ0v) is 9.79. The Morgan fingerprint density at radius 3 is 2.14 bits per heavy atom. The van der Waals surface area contributed by atoms with Crippen molar-refractivity contribution >= 4 is 21.8 Å². The van der Waals surface area contributed by atoms with Crippen molar-refractivity contribution in [2.45, 2.75) is 43.7 Å². The predicted molar refractivity (Wildman–Crippen MR) is 51.3 cm³/mol. The molecule has 1 N–H and O–H groups in total. The van der Waals surface area contributed by atoms with Gasteiger partial charge >= 0.3 is 6.18 Å². The van der Waals surface area contributed by atoms with Gasteiger partial charge in [-0.15, -0.1) is 0 Å². The number of halogens is 4. The van der Waals surface area contributed by atoms with Gasteiger partial charge in [0, 0.05) is 10.4 Å². The molecule has 1 amide bonds. The number of nitrogens with one attached hydrogen (secondary N) is 1. The lowest BCUT2D eigenvalue weighted by Gasteiger charge is -2.29. The van der Waals surface area contributed by atoms with Crippen molar-refractivity contribution in [3.8, 4) is 0 Å². The molecule has 1 unspecified atom stereocenters. The Hall–Kier alpha value is -0.260. The van der Waals surface area contributed by atoms with Crippen LogP contribution in [0.15, 0.2) is 0 Å². The Bertz CT molecular complexity index is 213. The molecule has 0 bridgehead atoms. The van der Waals surface area contributed by atoms with Gasteiger partial charge < -0.3 is 5.32 Å². The highest BCUT2D eigenvalue weighted by Crippen LogP contribution is 2.21. The summed E-state index contributed by atoms with van der Waals surface area (Å²) in [6, 6.07) is 0. The van der Waals surface area contributed by atoms with Gasteiger partial charge in [-0.2, -0.15) is 13.2 Å². The molecule has 0 fully saturated rings. The van der Waals surface area contributed by atoms with Crippen LogP contribution in [0.3, 0.4) is 0 Å². The van der Waals surface area contributed by atoms with Crippen molar-refractivity contribution in [2.24, 2.45) is 0 Å². The Labute approximate surface area is 89.4 Å². The van der Waals surface area contributed by atoms with Crippen LogP contribution in [0.4, 0.5) is 13.2 Å². The third-order valence-corrected chi connectivity index (χ3v) is 2.96. The minimum absolute atomic E-state index is 0.104. The summed E-state index contributed by atoms with van der Waals surface area (Å²) in [5, 5.41) is 2.31. The van der Waals surface area contributed by atoms with Crippen molar-refractivity contribution in [1.29, 1.82) is 0 Å². The molecule has 0 aliphatic carbocycles. The van der Waals surface area contributed by atoms with Gasteiger partial charge in [0.25, 0.3) is 0 Å². The molecule has 0 aliphatic rings. The van der Waals surface area contributed by atoms with Crippen molar-refractivity contribution in [1.82, 2.24) is 5.32 Å². The number of rotatable bonds is 3. The van der Waals surface area contributed by atoms with E-state index in [2.05, 4.69) is 21.2 Å². The predicted octanol–water partition coefficient (Wildman–Crippen LogP) is 2.62. The number of amides is 1. The van der Waals surface area contributed by atoms with E-state index in [1.54, 1.807) is 20.8 Å². The first-order valence-corrected chi connectivity index (χ1v) is 4.98. The van der Waals surface area contributed by atoms with Crippen LogP contribution in [0.1, 0.15) is 27.2 Å². The largest absolute Gasteiger partial charge is 0.397 e. The monoisotopic (exact) mass is 275 g/mol. The highest BCUT2D eigenvalue weighted by Gasteiger charge is 2.34. The van der Waals surface area contributed by atoms with Gasteiger partial charge in [0.15, 0.2) is 0 Å². The minimum atomic E-state index is -4.45. The molecule has 14 heavy (non-hydrogen) atoms. The van der Waals surface area contributed by atoms with Crippen LogP contribution in [0.5, 0.6) is 0 Å². The van der Waals surface area contributed by atoms with E-state index in [1.807, 2.05) is 0 Å². The highest BCUT2D eigenvalue weighted by atomic mass is 79.9. The summed E-state index contributed by atoms with van der Waals surface area (Å²) in [4.78, 5) is 10.8. The summed E-state index contributed by atoms with van der Waals surface area (Å²) in [6.07, 6.45) is -5.88. The second kappa shape index (κ2) is 4.51. The second-order valence-corrected chi connectivity index (χ2v) is 5.05. The molecule has 0 saturated carbocycles. The molecule has 1 atom stereocenters. The van der Waals surface area contributed by atoms with Crippen LogP contribution >= 0.6 is 15.9 Å². The summed E-state index contributed by atoms with van der Waals surface area (Å²) in [6.45, 7) is 5.06. The Kier molecular flexibility index (Phi) is 4.42. The lowest BCUT2D eigenvalue weighted by atomic mass is 10.0. The van der Waals surface area contributed by atoms with Crippen LogP contribution in [0, 0.1) is 0 Å². The zero-order chi connectivity index (χ0) is 11.6. The number of alkyl halides is 4. The van der Waals surface area contributed by atoms with E-state index in [1.165, 1.54) is 0 Å². The van der Waals surface area contributed by atoms with Gasteiger partial charge in [-0.3, -0.25) is 4.79 Å². The van der Waals surface area contributed by atoms with Gasteiger partial charge in [-0.25, -0.2) is 0 Å². The van der Waals surface area contributed by atoms with E-state index >= 15 is 0 Å². The molecule has 0 radical (unpaired) electrons. The Balaban J connectivity index is 4.20. The summed E-state index contributed by atoms with van der Waals surface area (Å²) in [5.74, 6) is -1.01. The average molecular weight is 276 g/mol. The number of carbonyl (C=O) groups is 1. The fourth-order valence-corrected chi connectivity index (χ4v) is 0.799. The van der Waals surface area contributed by atoms with Crippen LogP contribution in [-0.2, 0) is 4.79 Å². The Morgan fingerprint density at radius 2 is 1.86 bits per heavy atom. The van der Waals surface area contributed by atoms with Gasteiger partial charge in [0.2, 0.25) is 5.91 Å². The van der Waals surface area contributed by atoms with Gasteiger partial charge in [0.05, 0.1) is 0 Å². The molecule has 0 aliphatic heterocycles. The van der Waals surface area contributed by atoms with Crippen LogP contribution < -0.4 is 5.32 Å². The Morgan fingerprint density at radius 1 is 1.43 bits per heavy atom. The lowest BCUT2D eigenvalue weighted by Crippen LogP contribution is -2.49. The van der Waals surface area contributed by atoms with E-state index in [0.717, 1.165) is 0 Å². The van der Waals surface area contributed by atoms with E-state index in [9.17, 15) is 18.0 Å². The molecule has 0 aromatic carbocycles. The quantitative estimate of drug-likeness (QED) is 0.789. The van der Waals surface area contributed by atoms with Crippen molar-refractivity contribution in [3.05, 3.63) is 0 Å². The van der Waals surface area contributed by atoms with Gasteiger partial charge in [-0.05, 0) is 13.8 Å². The highest BCUT2D eigenvalue weighted by molar-refractivity contribution is 9.09. The molecule has 0 aromatic heterocycles. The maximum absolute atomic E-state index is 11.8. The summed E-state index contributed by atoms with van der Waals surface area (Å²) >= 11 is 3.21. The first-order chi connectivity index (χ1) is 6.04. The zero-order valence-electron chi connectivity index (χ0n) is 8.20. The van der Waals surface area contributed by atoms with Crippen molar-refractivity contribution < 1.29 is 18.0 Å². The maximum Gasteiger partial charge on any atom is 0.397 e. The molecule has 2 nitrogen and oxygen atoms in total. The average Bonchev–Trinajstić information content (AvgIpc) is 1.79. The van der Waals surface area contributed by atoms with E-state index in [0.29, 0.717) is 0 Å². The second-order valence-electron chi connectivity index (χ2n) is 3.68. The standard InChI is InChI=1S/C8H13BrF3NO/c1-5(9)7(2,3)13-6(14)4-8(10,11)12/h5H,4H2,1-3H3,(H,13,14). The van der Waals surface area contributed by atoms with Crippen LogP contribution in [0.25, 0.3) is 0 Å². The molecule has 6 heteroatoms. The van der Waals surface area contributed by atoms with Crippen molar-refractivity contribution in [3.63, 3.8) is 0 Å². The lowest BCUT2D eigenvalue weighted by molar-refractivity contribution is -0.154. The van der Waals surface area contributed by atoms with E-state index in [4.69, 9.17) is 0 Å². The molecule has 0 spiro atoms. The molecule has 84 valence electrons. The topological polar surface area (TPSA) is 29.1 Å². The van der Waals surface area contributed by atoms with E-state index < -0.39 is 24.0 Å². The molecular weight excluding hydrogens is 263 g/mol. The number of hydrogen-bond acceptors (Lipinski definition) is 1. The molecule has 0 heterocycles. The number of hydrogen-bond donors (Lipinski definition) is 1. The normalized spacial score (nSPS) is 15.1. The summed E-state index contributed by atoms with van der Waals surface area (Å²) in [5.41, 5.74) is -0.692. The fourth-order valence-electron chi connectivity index (χ4n) is 0.685. The van der Waals surface area contributed by atoms with Crippen molar-refractivity contribution in [2.75, 3.05) is 0 Å². The maximum atomic E-state index is 11.8. The number of carbonyl (C=O) groups excluding carboxylic acids is 1. The molecule has 0 aromatic rings. The summed E-state index contributed by atoms with van der Waals surface area (Å²) in [7, 11) is 0. The third kappa shape index (κ3) is 5.47. The molecule has 0 rings (SSSR count). The first-order valence-electron chi connectivity index (χ1n) is 4.06. The fraction of sp³-hybridized carbons (Fsp3) is 0.875. The van der Waals surface area contributed by atoms with Crippen LogP contribution in [0.2, 0.25) is 0 Å². The first kappa shape index (κ1) is 13.7. The summed E-state index contributed by atoms with van der Waals surface area (Å²) < 4.78 is 35.4.